The first-order valence-corrected chi connectivity index (χ1v) is 10.0. The third-order valence-electron chi connectivity index (χ3n) is 4.35. The fourth-order valence-corrected chi connectivity index (χ4v) is 7.15. The van der Waals surface area contributed by atoms with Gasteiger partial charge in [0.1, 0.15) is 0 Å². The molecule has 3 aromatic carbocycles. The van der Waals surface area contributed by atoms with Crippen LogP contribution in [0.1, 0.15) is 12.5 Å². The highest BCUT2D eigenvalue weighted by Gasteiger charge is 2.32. The van der Waals surface area contributed by atoms with Gasteiger partial charge in [0.2, 0.25) is 0 Å². The van der Waals surface area contributed by atoms with Crippen LogP contribution in [0.25, 0.3) is 5.76 Å². The molecule has 0 bridgehead atoms. The third kappa shape index (κ3) is 2.26. The van der Waals surface area contributed by atoms with Crippen molar-refractivity contribution < 1.29 is 4.74 Å². The van der Waals surface area contributed by atoms with Gasteiger partial charge in [-0.1, -0.05) is 84.3 Å². The van der Waals surface area contributed by atoms with E-state index in [0.717, 1.165) is 5.76 Å². The monoisotopic (exact) mass is 330 g/mol. The summed E-state index contributed by atoms with van der Waals surface area (Å²) in [7, 11) is 0. The maximum Gasteiger partial charge on any atom is 0.170 e. The summed E-state index contributed by atoms with van der Waals surface area (Å²) in [6.45, 7) is 0.742. The summed E-state index contributed by atoms with van der Waals surface area (Å²) in [6.07, 6.45) is 0. The van der Waals surface area contributed by atoms with Crippen molar-refractivity contribution in [2.75, 3.05) is 6.61 Å². The minimum absolute atomic E-state index is 0.653. The Bertz CT molecular complexity index is 908. The number of hydrogen-bond acceptors (Lipinski definition) is 1. The zero-order valence-electron chi connectivity index (χ0n) is 13.6. The summed E-state index contributed by atoms with van der Waals surface area (Å²) < 4.78 is 5.96. The Morgan fingerprint density at radius 3 is 1.88 bits per heavy atom. The molecule has 1 heterocycles. The molecule has 0 atom stereocenters. The van der Waals surface area contributed by atoms with Gasteiger partial charge in [-0.05, 0) is 23.6 Å². The molecule has 0 amide bonds. The van der Waals surface area contributed by atoms with Gasteiger partial charge in [-0.3, -0.25) is 0 Å². The summed E-state index contributed by atoms with van der Waals surface area (Å²) in [5, 5.41) is 3.97. The van der Waals surface area contributed by atoms with Gasteiger partial charge in [-0.15, -0.1) is 0 Å². The Morgan fingerprint density at radius 2 is 1.29 bits per heavy atom. The van der Waals surface area contributed by atoms with E-state index in [1.54, 1.807) is 0 Å². The lowest BCUT2D eigenvalue weighted by molar-refractivity contribution is 0.302. The molecule has 3 aromatic rings. The van der Waals surface area contributed by atoms with Crippen molar-refractivity contribution in [1.29, 1.82) is 0 Å². The number of hydrogen-bond donors (Lipinski definition) is 0. The fourth-order valence-electron chi connectivity index (χ4n) is 3.34. The van der Waals surface area contributed by atoms with Crippen molar-refractivity contribution in [2.24, 2.45) is 0 Å². The highest BCUT2D eigenvalue weighted by Crippen LogP contribution is 2.48. The van der Waals surface area contributed by atoms with Gasteiger partial charge < -0.3 is 4.74 Å². The molecular formula is C22H19OP. The van der Waals surface area contributed by atoms with Crippen LogP contribution in [0.2, 0.25) is 0 Å². The Kier molecular flexibility index (Phi) is 3.90. The molecule has 0 aliphatic carbocycles. The average molecular weight is 330 g/mol. The Morgan fingerprint density at radius 1 is 0.750 bits per heavy atom. The normalized spacial score (nSPS) is 14.5. The summed E-state index contributed by atoms with van der Waals surface area (Å²) in [4.78, 5) is 0. The van der Waals surface area contributed by atoms with E-state index in [1.165, 1.54) is 21.5 Å². The molecule has 118 valence electrons. The molecule has 0 unspecified atom stereocenters. The van der Waals surface area contributed by atoms with E-state index in [9.17, 15) is 0 Å². The standard InChI is InChI=1S/C22H19OP/c1-2-23-21-17-24(18-11-5-3-6-12-18,19-13-7-4-8-14-19)22-16-10-9-15-20(21)22/h3-16H,2H2,1H3. The molecule has 0 radical (unpaired) electrons. The molecular weight excluding hydrogens is 311 g/mol. The first kappa shape index (κ1) is 15.1. The van der Waals surface area contributed by atoms with Gasteiger partial charge in [0, 0.05) is 17.8 Å². The van der Waals surface area contributed by atoms with E-state index in [-0.39, 0.29) is 0 Å². The van der Waals surface area contributed by atoms with E-state index in [0.29, 0.717) is 6.61 Å². The van der Waals surface area contributed by atoms with Crippen LogP contribution in [-0.2, 0) is 4.74 Å². The predicted octanol–water partition coefficient (Wildman–Crippen LogP) is 3.77. The molecule has 4 rings (SSSR count). The average Bonchev–Trinajstić information content (AvgIpc) is 2.99. The molecule has 0 N–H and O–H groups in total. The molecule has 24 heavy (non-hydrogen) atoms. The second-order valence-electron chi connectivity index (χ2n) is 5.73. The predicted molar refractivity (Wildman–Crippen MR) is 105 cm³/mol. The molecule has 1 aliphatic heterocycles. The summed E-state index contributed by atoms with van der Waals surface area (Å²) in [5.74, 6) is 0.897. The summed E-state index contributed by atoms with van der Waals surface area (Å²) >= 11 is 0. The fraction of sp³-hybridized carbons (Fsp3) is 0.0909. The van der Waals surface area contributed by atoms with Crippen molar-refractivity contribution in [1.82, 2.24) is 0 Å². The Balaban J connectivity index is 2.14. The molecule has 2 heteroatoms. The van der Waals surface area contributed by atoms with E-state index >= 15 is 0 Å². The smallest absolute Gasteiger partial charge is 0.170 e. The van der Waals surface area contributed by atoms with Gasteiger partial charge in [-0.2, -0.15) is 0 Å². The SMILES string of the molecule is CCOC1=C=P(c2ccccc2)(c2ccccc2)c2ccccc21. The van der Waals surface area contributed by atoms with Gasteiger partial charge >= 0.3 is 0 Å². The van der Waals surface area contributed by atoms with Crippen LogP contribution in [0.4, 0.5) is 0 Å². The lowest BCUT2D eigenvalue weighted by Gasteiger charge is -2.24. The summed E-state index contributed by atoms with van der Waals surface area (Å²) in [6, 6.07) is 30.1. The minimum Gasteiger partial charge on any atom is -0.486 e. The summed E-state index contributed by atoms with van der Waals surface area (Å²) in [5.41, 5.74) is 4.99. The molecule has 0 saturated carbocycles. The number of ether oxygens (including phenoxy) is 1. The first-order valence-electron chi connectivity index (χ1n) is 8.24. The molecule has 1 aliphatic rings. The largest absolute Gasteiger partial charge is 0.486 e. The second kappa shape index (κ2) is 6.21. The van der Waals surface area contributed by atoms with Crippen LogP contribution in [0.5, 0.6) is 0 Å². The van der Waals surface area contributed by atoms with Gasteiger partial charge in [0.15, 0.2) is 5.76 Å². The van der Waals surface area contributed by atoms with Crippen LogP contribution in [0.15, 0.2) is 84.9 Å². The minimum atomic E-state index is -1.94. The van der Waals surface area contributed by atoms with Crippen LogP contribution < -0.4 is 15.9 Å². The molecule has 1 nitrogen and oxygen atoms in total. The van der Waals surface area contributed by atoms with E-state index in [2.05, 4.69) is 90.4 Å². The van der Waals surface area contributed by atoms with Crippen molar-refractivity contribution in [2.45, 2.75) is 6.92 Å². The van der Waals surface area contributed by atoms with E-state index in [4.69, 9.17) is 4.74 Å². The number of rotatable bonds is 4. The van der Waals surface area contributed by atoms with Crippen molar-refractivity contribution >= 4 is 34.0 Å². The molecule has 0 fully saturated rings. The zero-order chi connectivity index (χ0) is 16.4. The van der Waals surface area contributed by atoms with Gasteiger partial charge in [0.05, 0.1) is 6.61 Å². The van der Waals surface area contributed by atoms with Gasteiger partial charge in [-0.25, -0.2) is 0 Å². The van der Waals surface area contributed by atoms with E-state index < -0.39 is 6.89 Å². The van der Waals surface area contributed by atoms with Crippen LogP contribution >= 0.6 is 6.89 Å². The molecule has 0 aromatic heterocycles. The van der Waals surface area contributed by atoms with E-state index in [1.807, 2.05) is 6.92 Å². The molecule has 0 saturated heterocycles. The van der Waals surface area contributed by atoms with Gasteiger partial charge in [0.25, 0.3) is 0 Å². The van der Waals surface area contributed by atoms with Crippen LogP contribution in [0, 0.1) is 0 Å². The number of fused-ring (bicyclic) bond motifs is 1. The maximum atomic E-state index is 5.96. The molecule has 0 spiro atoms. The third-order valence-corrected chi connectivity index (χ3v) is 8.15. The maximum absolute atomic E-state index is 5.96. The Labute approximate surface area is 143 Å². The van der Waals surface area contributed by atoms with Crippen LogP contribution in [0.3, 0.4) is 0 Å². The zero-order valence-corrected chi connectivity index (χ0v) is 14.5. The topological polar surface area (TPSA) is 9.23 Å². The first-order chi connectivity index (χ1) is 11.9. The second-order valence-corrected chi connectivity index (χ2v) is 8.81. The Hall–Kier alpha value is -2.46. The lowest BCUT2D eigenvalue weighted by Crippen LogP contribution is -2.25. The van der Waals surface area contributed by atoms with Crippen molar-refractivity contribution in [3.8, 4) is 0 Å². The highest BCUT2D eigenvalue weighted by atomic mass is 31.2. The highest BCUT2D eigenvalue weighted by molar-refractivity contribution is 7.94. The lowest BCUT2D eigenvalue weighted by atomic mass is 10.2. The van der Waals surface area contributed by atoms with Crippen molar-refractivity contribution in [3.63, 3.8) is 0 Å². The van der Waals surface area contributed by atoms with Crippen molar-refractivity contribution in [3.05, 3.63) is 90.5 Å². The number of benzene rings is 3. The van der Waals surface area contributed by atoms with Crippen LogP contribution in [-0.4, -0.2) is 12.1 Å². The quantitative estimate of drug-likeness (QED) is 0.662.